The Morgan fingerprint density at radius 3 is 2.81 bits per heavy atom. The van der Waals surface area contributed by atoms with E-state index < -0.39 is 5.54 Å². The highest BCUT2D eigenvalue weighted by atomic mass is 16.5. The summed E-state index contributed by atoms with van der Waals surface area (Å²) in [5.74, 6) is -0.276. The van der Waals surface area contributed by atoms with E-state index in [2.05, 4.69) is 15.4 Å². The molecule has 1 aromatic heterocycles. The first-order chi connectivity index (χ1) is 7.53. The van der Waals surface area contributed by atoms with Gasteiger partial charge in [-0.25, -0.2) is 4.98 Å². The molecule has 0 saturated heterocycles. The van der Waals surface area contributed by atoms with Gasteiger partial charge in [-0.05, 0) is 27.3 Å². The van der Waals surface area contributed by atoms with Crippen LogP contribution in [-0.4, -0.2) is 40.4 Å². The van der Waals surface area contributed by atoms with Crippen LogP contribution in [0.15, 0.2) is 12.7 Å². The molecule has 6 heteroatoms. The van der Waals surface area contributed by atoms with Crippen LogP contribution in [0, 0.1) is 0 Å². The van der Waals surface area contributed by atoms with Crippen LogP contribution in [0.5, 0.6) is 0 Å². The summed E-state index contributed by atoms with van der Waals surface area (Å²) in [7, 11) is 3.13. The second kappa shape index (κ2) is 5.07. The number of nitrogens with zero attached hydrogens (tertiary/aromatic N) is 3. The van der Waals surface area contributed by atoms with Gasteiger partial charge in [0.05, 0.1) is 13.2 Å². The zero-order valence-corrected chi connectivity index (χ0v) is 10.1. The summed E-state index contributed by atoms with van der Waals surface area (Å²) < 4.78 is 6.50. The summed E-state index contributed by atoms with van der Waals surface area (Å²) in [6.07, 6.45) is 3.70. The van der Waals surface area contributed by atoms with Gasteiger partial charge in [-0.3, -0.25) is 9.48 Å². The van der Waals surface area contributed by atoms with Crippen LogP contribution in [0.3, 0.4) is 0 Å². The highest BCUT2D eigenvalue weighted by molar-refractivity contribution is 5.80. The van der Waals surface area contributed by atoms with E-state index in [1.165, 1.54) is 13.4 Å². The van der Waals surface area contributed by atoms with Gasteiger partial charge in [-0.15, -0.1) is 0 Å². The predicted molar refractivity (Wildman–Crippen MR) is 58.8 cm³/mol. The molecule has 1 aromatic rings. The standard InChI is InChI=1S/C10H18N4O2/c1-8(14-7-12-6-13-14)5-10(2,11-3)9(15)16-4/h6-8,11H,5H2,1-4H3. The number of aromatic nitrogens is 3. The number of esters is 1. The second-order valence-electron chi connectivity index (χ2n) is 4.00. The summed E-state index contributed by atoms with van der Waals surface area (Å²) in [5.41, 5.74) is -0.708. The first kappa shape index (κ1) is 12.6. The summed E-state index contributed by atoms with van der Waals surface area (Å²) in [4.78, 5) is 15.5. The summed E-state index contributed by atoms with van der Waals surface area (Å²) in [6.45, 7) is 3.79. The number of carbonyl (C=O) groups excluding carboxylic acids is 1. The third kappa shape index (κ3) is 2.57. The van der Waals surface area contributed by atoms with Crippen molar-refractivity contribution in [3.05, 3.63) is 12.7 Å². The molecule has 0 aliphatic heterocycles. The molecule has 0 bridgehead atoms. The topological polar surface area (TPSA) is 69.0 Å². The first-order valence-electron chi connectivity index (χ1n) is 5.15. The van der Waals surface area contributed by atoms with Gasteiger partial charge in [-0.1, -0.05) is 0 Å². The van der Waals surface area contributed by atoms with E-state index in [0.717, 1.165) is 0 Å². The lowest BCUT2D eigenvalue weighted by molar-refractivity contribution is -0.148. The average Bonchev–Trinajstić information content (AvgIpc) is 2.81. The van der Waals surface area contributed by atoms with Gasteiger partial charge < -0.3 is 10.1 Å². The van der Waals surface area contributed by atoms with Crippen molar-refractivity contribution in [1.29, 1.82) is 0 Å². The highest BCUT2D eigenvalue weighted by Gasteiger charge is 2.34. The molecule has 2 unspecified atom stereocenters. The van der Waals surface area contributed by atoms with Crippen LogP contribution in [0.2, 0.25) is 0 Å². The fourth-order valence-electron chi connectivity index (χ4n) is 1.64. The van der Waals surface area contributed by atoms with E-state index in [9.17, 15) is 4.79 Å². The maximum Gasteiger partial charge on any atom is 0.325 e. The van der Waals surface area contributed by atoms with Gasteiger partial charge in [0, 0.05) is 0 Å². The summed E-state index contributed by atoms with van der Waals surface area (Å²) >= 11 is 0. The minimum Gasteiger partial charge on any atom is -0.468 e. The van der Waals surface area contributed by atoms with E-state index in [-0.39, 0.29) is 12.0 Å². The maximum atomic E-state index is 11.6. The SMILES string of the molecule is CNC(C)(CC(C)n1cncn1)C(=O)OC. The zero-order chi connectivity index (χ0) is 12.2. The van der Waals surface area contributed by atoms with Crippen molar-refractivity contribution in [2.75, 3.05) is 14.2 Å². The van der Waals surface area contributed by atoms with Crippen molar-refractivity contribution in [2.45, 2.75) is 31.8 Å². The minimum atomic E-state index is -0.708. The fourth-order valence-corrected chi connectivity index (χ4v) is 1.64. The molecular formula is C10H18N4O2. The molecule has 2 atom stereocenters. The molecule has 0 aromatic carbocycles. The first-order valence-corrected chi connectivity index (χ1v) is 5.15. The number of ether oxygens (including phenoxy) is 1. The molecule has 6 nitrogen and oxygen atoms in total. The summed E-state index contributed by atoms with van der Waals surface area (Å²) in [6, 6.07) is 0.0686. The van der Waals surface area contributed by atoms with Gasteiger partial charge >= 0.3 is 5.97 Å². The molecule has 1 heterocycles. The van der Waals surface area contributed by atoms with E-state index in [0.29, 0.717) is 6.42 Å². The number of hydrogen-bond donors (Lipinski definition) is 1. The lowest BCUT2D eigenvalue weighted by Crippen LogP contribution is -2.49. The van der Waals surface area contributed by atoms with E-state index in [1.54, 1.807) is 18.1 Å². The van der Waals surface area contributed by atoms with Gasteiger partial charge in [0.1, 0.15) is 18.2 Å². The van der Waals surface area contributed by atoms with E-state index in [1.807, 2.05) is 13.8 Å². The van der Waals surface area contributed by atoms with Crippen LogP contribution in [-0.2, 0) is 9.53 Å². The Morgan fingerprint density at radius 1 is 1.69 bits per heavy atom. The van der Waals surface area contributed by atoms with Crippen molar-refractivity contribution in [2.24, 2.45) is 0 Å². The van der Waals surface area contributed by atoms with Crippen molar-refractivity contribution in [1.82, 2.24) is 20.1 Å². The van der Waals surface area contributed by atoms with Crippen LogP contribution in [0.1, 0.15) is 26.3 Å². The van der Waals surface area contributed by atoms with Crippen molar-refractivity contribution in [3.8, 4) is 0 Å². The lowest BCUT2D eigenvalue weighted by Gasteiger charge is -2.28. The Morgan fingerprint density at radius 2 is 2.38 bits per heavy atom. The molecule has 90 valence electrons. The second-order valence-corrected chi connectivity index (χ2v) is 4.00. The van der Waals surface area contributed by atoms with Crippen molar-refractivity contribution >= 4 is 5.97 Å². The Bertz CT molecular complexity index is 339. The lowest BCUT2D eigenvalue weighted by atomic mass is 9.94. The number of likely N-dealkylation sites (N-methyl/N-ethyl adjacent to an activating group) is 1. The van der Waals surface area contributed by atoms with E-state index in [4.69, 9.17) is 4.74 Å². The molecule has 0 amide bonds. The number of hydrogen-bond acceptors (Lipinski definition) is 5. The molecule has 0 fully saturated rings. The summed E-state index contributed by atoms with van der Waals surface area (Å²) in [5, 5.41) is 7.03. The fraction of sp³-hybridized carbons (Fsp3) is 0.700. The molecule has 0 radical (unpaired) electrons. The quantitative estimate of drug-likeness (QED) is 0.735. The molecule has 1 rings (SSSR count). The van der Waals surface area contributed by atoms with Gasteiger partial charge in [-0.2, -0.15) is 5.10 Å². The zero-order valence-electron chi connectivity index (χ0n) is 10.1. The predicted octanol–water partition coefficient (Wildman–Crippen LogP) is 0.380. The van der Waals surface area contributed by atoms with Gasteiger partial charge in [0.2, 0.25) is 0 Å². The number of methoxy groups -OCH3 is 1. The van der Waals surface area contributed by atoms with Crippen LogP contribution in [0.25, 0.3) is 0 Å². The molecule has 16 heavy (non-hydrogen) atoms. The normalized spacial score (nSPS) is 16.5. The van der Waals surface area contributed by atoms with Crippen molar-refractivity contribution in [3.63, 3.8) is 0 Å². The average molecular weight is 226 g/mol. The van der Waals surface area contributed by atoms with Crippen LogP contribution >= 0.6 is 0 Å². The molecule has 0 aliphatic rings. The van der Waals surface area contributed by atoms with Gasteiger partial charge in [0.15, 0.2) is 0 Å². The molecule has 0 saturated carbocycles. The molecular weight excluding hydrogens is 208 g/mol. The van der Waals surface area contributed by atoms with Gasteiger partial charge in [0.25, 0.3) is 0 Å². The molecule has 0 aliphatic carbocycles. The minimum absolute atomic E-state index is 0.0686. The third-order valence-electron chi connectivity index (χ3n) is 2.78. The Balaban J connectivity index is 2.73. The Kier molecular flexibility index (Phi) is 4.00. The molecule has 0 spiro atoms. The number of carbonyl (C=O) groups is 1. The number of rotatable bonds is 5. The molecule has 1 N–H and O–H groups in total. The Labute approximate surface area is 95.0 Å². The van der Waals surface area contributed by atoms with Crippen LogP contribution in [0.4, 0.5) is 0 Å². The van der Waals surface area contributed by atoms with E-state index >= 15 is 0 Å². The Hall–Kier alpha value is -1.43. The largest absolute Gasteiger partial charge is 0.468 e. The smallest absolute Gasteiger partial charge is 0.325 e. The highest BCUT2D eigenvalue weighted by Crippen LogP contribution is 2.20. The monoisotopic (exact) mass is 226 g/mol. The number of nitrogens with one attached hydrogen (secondary N) is 1. The van der Waals surface area contributed by atoms with Crippen molar-refractivity contribution < 1.29 is 9.53 Å². The maximum absolute atomic E-state index is 11.6. The third-order valence-corrected chi connectivity index (χ3v) is 2.78. The van der Waals surface area contributed by atoms with Crippen LogP contribution < -0.4 is 5.32 Å².